The van der Waals surface area contributed by atoms with Crippen LogP contribution >= 0.6 is 11.6 Å². The molecule has 1 unspecified atom stereocenters. The van der Waals surface area contributed by atoms with Crippen LogP contribution in [0.3, 0.4) is 0 Å². The molecule has 0 saturated carbocycles. The lowest BCUT2D eigenvalue weighted by Gasteiger charge is -2.45. The Labute approximate surface area is 104 Å². The fourth-order valence-electron chi connectivity index (χ4n) is 3.21. The molecule has 1 N–H and O–H groups in total. The van der Waals surface area contributed by atoms with Crippen molar-refractivity contribution in [3.05, 3.63) is 11.1 Å². The second-order valence-electron chi connectivity index (χ2n) is 5.55. The summed E-state index contributed by atoms with van der Waals surface area (Å²) in [6.07, 6.45) is 5.50. The quantitative estimate of drug-likeness (QED) is 0.801. The van der Waals surface area contributed by atoms with Gasteiger partial charge in [0.05, 0.1) is 0 Å². The highest BCUT2D eigenvalue weighted by Gasteiger charge is 2.36. The summed E-state index contributed by atoms with van der Waals surface area (Å²) in [5.74, 6) is 0. The van der Waals surface area contributed by atoms with E-state index in [1.807, 2.05) is 0 Å². The number of halogens is 1. The number of hydrogen-bond donors (Lipinski definition) is 1. The van der Waals surface area contributed by atoms with Crippen LogP contribution in [0.15, 0.2) is 11.1 Å². The van der Waals surface area contributed by atoms with Crippen molar-refractivity contribution < 1.29 is 0 Å². The SMILES string of the molecule is CC(=CCl)CN1CCCC2(CCCNC2)C1. The van der Waals surface area contributed by atoms with Crippen molar-refractivity contribution in [3.8, 4) is 0 Å². The van der Waals surface area contributed by atoms with E-state index in [4.69, 9.17) is 11.6 Å². The van der Waals surface area contributed by atoms with E-state index in [0.717, 1.165) is 6.54 Å². The van der Waals surface area contributed by atoms with E-state index in [9.17, 15) is 0 Å². The van der Waals surface area contributed by atoms with Gasteiger partial charge in [0, 0.05) is 25.2 Å². The van der Waals surface area contributed by atoms with E-state index in [0.29, 0.717) is 5.41 Å². The molecule has 0 bridgehead atoms. The maximum atomic E-state index is 5.75. The zero-order valence-electron chi connectivity index (χ0n) is 10.3. The summed E-state index contributed by atoms with van der Waals surface area (Å²) >= 11 is 5.75. The number of likely N-dealkylation sites (tertiary alicyclic amines) is 1. The van der Waals surface area contributed by atoms with Crippen molar-refractivity contribution in [2.24, 2.45) is 5.41 Å². The van der Waals surface area contributed by atoms with Crippen LogP contribution in [0.2, 0.25) is 0 Å². The lowest BCUT2D eigenvalue weighted by Crippen LogP contribution is -2.51. The molecular formula is C13H23ClN2. The fraction of sp³-hybridized carbons (Fsp3) is 0.846. The molecule has 16 heavy (non-hydrogen) atoms. The maximum Gasteiger partial charge on any atom is 0.0202 e. The van der Waals surface area contributed by atoms with Crippen molar-refractivity contribution in [1.29, 1.82) is 0 Å². The molecule has 0 aromatic carbocycles. The van der Waals surface area contributed by atoms with Gasteiger partial charge in [-0.1, -0.05) is 11.6 Å². The molecule has 2 aliphatic rings. The minimum atomic E-state index is 0.559. The van der Waals surface area contributed by atoms with Crippen LogP contribution in [0.25, 0.3) is 0 Å². The molecule has 3 heteroatoms. The van der Waals surface area contributed by atoms with Crippen LogP contribution in [-0.2, 0) is 0 Å². The number of hydrogen-bond acceptors (Lipinski definition) is 2. The van der Waals surface area contributed by atoms with Gasteiger partial charge in [-0.2, -0.15) is 0 Å². The van der Waals surface area contributed by atoms with Gasteiger partial charge in [-0.25, -0.2) is 0 Å². The molecule has 2 saturated heterocycles. The molecular weight excluding hydrogens is 220 g/mol. The summed E-state index contributed by atoms with van der Waals surface area (Å²) in [7, 11) is 0. The Balaban J connectivity index is 1.92. The lowest BCUT2D eigenvalue weighted by molar-refractivity contribution is 0.0705. The van der Waals surface area contributed by atoms with Crippen LogP contribution in [0.1, 0.15) is 32.6 Å². The monoisotopic (exact) mass is 242 g/mol. The number of rotatable bonds is 2. The van der Waals surface area contributed by atoms with E-state index >= 15 is 0 Å². The summed E-state index contributed by atoms with van der Waals surface area (Å²) in [5, 5.41) is 3.57. The predicted molar refractivity (Wildman–Crippen MR) is 69.8 cm³/mol. The number of piperidine rings is 2. The van der Waals surface area contributed by atoms with E-state index in [1.54, 1.807) is 5.54 Å². The smallest absolute Gasteiger partial charge is 0.0202 e. The van der Waals surface area contributed by atoms with Crippen LogP contribution in [0.5, 0.6) is 0 Å². The highest BCUT2D eigenvalue weighted by molar-refractivity contribution is 6.25. The topological polar surface area (TPSA) is 15.3 Å². The van der Waals surface area contributed by atoms with Crippen molar-refractivity contribution in [1.82, 2.24) is 10.2 Å². The number of nitrogens with one attached hydrogen (secondary N) is 1. The Bertz CT molecular complexity index is 251. The third-order valence-corrected chi connectivity index (χ3v) is 4.33. The highest BCUT2D eigenvalue weighted by Crippen LogP contribution is 2.35. The van der Waals surface area contributed by atoms with Gasteiger partial charge in [-0.05, 0) is 56.7 Å². The summed E-state index contributed by atoms with van der Waals surface area (Å²) in [6, 6.07) is 0. The second kappa shape index (κ2) is 5.52. The van der Waals surface area contributed by atoms with Crippen molar-refractivity contribution in [2.75, 3.05) is 32.7 Å². The van der Waals surface area contributed by atoms with Crippen LogP contribution < -0.4 is 5.32 Å². The number of nitrogens with zero attached hydrogens (tertiary/aromatic N) is 1. The first kappa shape index (κ1) is 12.4. The van der Waals surface area contributed by atoms with Gasteiger partial charge < -0.3 is 5.32 Å². The fourth-order valence-corrected chi connectivity index (χ4v) is 3.28. The summed E-state index contributed by atoms with van der Waals surface area (Å²) in [5.41, 5.74) is 3.56. The third-order valence-electron chi connectivity index (χ3n) is 3.96. The molecule has 2 aliphatic heterocycles. The van der Waals surface area contributed by atoms with Crippen LogP contribution in [0.4, 0.5) is 0 Å². The third kappa shape index (κ3) is 2.99. The summed E-state index contributed by atoms with van der Waals surface area (Å²) in [4.78, 5) is 2.57. The van der Waals surface area contributed by atoms with Crippen LogP contribution in [-0.4, -0.2) is 37.6 Å². The van der Waals surface area contributed by atoms with Gasteiger partial charge in [0.2, 0.25) is 0 Å². The van der Waals surface area contributed by atoms with Gasteiger partial charge in [0.25, 0.3) is 0 Å². The first-order valence-corrected chi connectivity index (χ1v) is 6.87. The van der Waals surface area contributed by atoms with Crippen molar-refractivity contribution >= 4 is 11.6 Å². The minimum absolute atomic E-state index is 0.559. The van der Waals surface area contributed by atoms with Gasteiger partial charge in [-0.15, -0.1) is 0 Å². The Morgan fingerprint density at radius 3 is 2.94 bits per heavy atom. The standard InChI is InChI=1S/C13H23ClN2/c1-12(8-14)9-16-7-3-5-13(11-16)4-2-6-15-10-13/h8,15H,2-7,9-11H2,1H3. The Morgan fingerprint density at radius 1 is 1.44 bits per heavy atom. The molecule has 92 valence electrons. The molecule has 2 rings (SSSR count). The Morgan fingerprint density at radius 2 is 2.25 bits per heavy atom. The largest absolute Gasteiger partial charge is 0.316 e. The molecule has 2 heterocycles. The first-order chi connectivity index (χ1) is 7.74. The Hall–Kier alpha value is -0.0500. The first-order valence-electron chi connectivity index (χ1n) is 6.43. The average molecular weight is 243 g/mol. The van der Waals surface area contributed by atoms with Crippen molar-refractivity contribution in [3.63, 3.8) is 0 Å². The molecule has 0 aliphatic carbocycles. The van der Waals surface area contributed by atoms with E-state index in [2.05, 4.69) is 17.1 Å². The van der Waals surface area contributed by atoms with E-state index in [-0.39, 0.29) is 0 Å². The summed E-state index contributed by atoms with van der Waals surface area (Å²) in [6.45, 7) is 8.08. The lowest BCUT2D eigenvalue weighted by atomic mass is 9.74. The highest BCUT2D eigenvalue weighted by atomic mass is 35.5. The maximum absolute atomic E-state index is 5.75. The predicted octanol–water partition coefficient (Wildman–Crippen LogP) is 2.59. The molecule has 1 atom stereocenters. The molecule has 0 amide bonds. The molecule has 0 aromatic rings. The van der Waals surface area contributed by atoms with Crippen molar-refractivity contribution in [2.45, 2.75) is 32.6 Å². The van der Waals surface area contributed by atoms with Crippen LogP contribution in [0, 0.1) is 5.41 Å². The van der Waals surface area contributed by atoms with E-state index in [1.165, 1.54) is 57.4 Å². The molecule has 2 fully saturated rings. The normalized spacial score (nSPS) is 33.2. The summed E-state index contributed by atoms with van der Waals surface area (Å²) < 4.78 is 0. The Kier molecular flexibility index (Phi) is 4.28. The minimum Gasteiger partial charge on any atom is -0.316 e. The van der Waals surface area contributed by atoms with Gasteiger partial charge >= 0.3 is 0 Å². The average Bonchev–Trinajstić information content (AvgIpc) is 2.30. The zero-order valence-corrected chi connectivity index (χ0v) is 11.0. The van der Waals surface area contributed by atoms with Gasteiger partial charge in [-0.3, -0.25) is 4.90 Å². The molecule has 2 nitrogen and oxygen atoms in total. The van der Waals surface area contributed by atoms with E-state index < -0.39 is 0 Å². The van der Waals surface area contributed by atoms with Gasteiger partial charge in [0.15, 0.2) is 0 Å². The zero-order chi connectivity index (χ0) is 11.4. The molecule has 0 radical (unpaired) electrons. The molecule has 0 aromatic heterocycles. The molecule has 1 spiro atoms. The second-order valence-corrected chi connectivity index (χ2v) is 5.77. The van der Waals surface area contributed by atoms with Gasteiger partial charge in [0.1, 0.15) is 0 Å².